The van der Waals surface area contributed by atoms with E-state index in [-0.39, 0.29) is 12.3 Å². The van der Waals surface area contributed by atoms with Crippen molar-refractivity contribution in [3.05, 3.63) is 101 Å². The summed E-state index contributed by atoms with van der Waals surface area (Å²) in [5.41, 5.74) is 3.56. The number of fused-ring (bicyclic) bond motifs is 1. The number of hydrogen-bond donors (Lipinski definition) is 1. The van der Waals surface area contributed by atoms with Crippen LogP contribution in [-0.4, -0.2) is 10.9 Å². The second-order valence-corrected chi connectivity index (χ2v) is 8.08. The van der Waals surface area contributed by atoms with E-state index >= 15 is 0 Å². The molecule has 0 unspecified atom stereocenters. The molecule has 29 heavy (non-hydrogen) atoms. The molecule has 0 saturated heterocycles. The second kappa shape index (κ2) is 9.12. The van der Waals surface area contributed by atoms with E-state index in [1.165, 1.54) is 4.90 Å². The number of pyridine rings is 1. The minimum Gasteiger partial charge on any atom is -0.326 e. The number of benzene rings is 3. The molecule has 0 aliphatic heterocycles. The number of nitrogens with zero attached hydrogens (tertiary/aromatic N) is 1. The third-order valence-electron chi connectivity index (χ3n) is 4.54. The molecule has 1 aromatic heterocycles. The normalized spacial score (nSPS) is 10.8. The lowest BCUT2D eigenvalue weighted by Crippen LogP contribution is -2.14. The number of thioether (sulfide) groups is 1. The molecule has 3 aromatic carbocycles. The number of aromatic nitrogens is 1. The minimum absolute atomic E-state index is 0.102. The van der Waals surface area contributed by atoms with Crippen LogP contribution in [0, 0.1) is 0 Å². The maximum atomic E-state index is 12.6. The Kier molecular flexibility index (Phi) is 6.13. The van der Waals surface area contributed by atoms with Crippen LogP contribution >= 0.6 is 23.4 Å². The largest absolute Gasteiger partial charge is 0.326 e. The van der Waals surface area contributed by atoms with Crippen LogP contribution < -0.4 is 5.32 Å². The second-order valence-electron chi connectivity index (χ2n) is 6.62. The van der Waals surface area contributed by atoms with Crippen LogP contribution in [0.15, 0.2) is 90.0 Å². The van der Waals surface area contributed by atoms with Gasteiger partial charge in [0, 0.05) is 32.9 Å². The van der Waals surface area contributed by atoms with Gasteiger partial charge in [0.15, 0.2) is 0 Å². The van der Waals surface area contributed by atoms with Crippen molar-refractivity contribution in [2.24, 2.45) is 0 Å². The van der Waals surface area contributed by atoms with E-state index in [1.54, 1.807) is 24.0 Å². The number of carbonyl (C=O) groups is 1. The van der Waals surface area contributed by atoms with E-state index in [0.29, 0.717) is 5.02 Å². The maximum Gasteiger partial charge on any atom is 0.228 e. The van der Waals surface area contributed by atoms with Gasteiger partial charge < -0.3 is 5.32 Å². The fourth-order valence-electron chi connectivity index (χ4n) is 3.15. The molecular formula is C24H19ClN2OS. The Morgan fingerprint density at radius 1 is 0.931 bits per heavy atom. The van der Waals surface area contributed by atoms with Crippen LogP contribution in [0.2, 0.25) is 5.02 Å². The molecule has 0 aliphatic carbocycles. The van der Waals surface area contributed by atoms with Gasteiger partial charge in [0.05, 0.1) is 11.9 Å². The molecule has 3 nitrogen and oxygen atoms in total. The van der Waals surface area contributed by atoms with E-state index in [9.17, 15) is 4.79 Å². The average Bonchev–Trinajstić information content (AvgIpc) is 2.74. The van der Waals surface area contributed by atoms with Crippen molar-refractivity contribution >= 4 is 45.9 Å². The first-order valence-electron chi connectivity index (χ1n) is 9.28. The van der Waals surface area contributed by atoms with Crippen molar-refractivity contribution in [1.29, 1.82) is 0 Å². The van der Waals surface area contributed by atoms with Gasteiger partial charge in [-0.25, -0.2) is 0 Å². The summed E-state index contributed by atoms with van der Waals surface area (Å²) in [5, 5.41) is 4.70. The van der Waals surface area contributed by atoms with Crippen molar-refractivity contribution in [2.45, 2.75) is 17.1 Å². The van der Waals surface area contributed by atoms with E-state index in [4.69, 9.17) is 11.6 Å². The average molecular weight is 419 g/mol. The molecule has 0 spiro atoms. The topological polar surface area (TPSA) is 42.0 Å². The molecule has 0 bridgehead atoms. The van der Waals surface area contributed by atoms with Gasteiger partial charge in [0.1, 0.15) is 0 Å². The highest BCUT2D eigenvalue weighted by molar-refractivity contribution is 7.98. The van der Waals surface area contributed by atoms with Gasteiger partial charge in [0.2, 0.25) is 5.91 Å². The Hall–Kier alpha value is -2.82. The first-order valence-corrected chi connectivity index (χ1v) is 10.6. The van der Waals surface area contributed by atoms with E-state index in [0.717, 1.165) is 33.5 Å². The Morgan fingerprint density at radius 2 is 1.72 bits per heavy atom. The van der Waals surface area contributed by atoms with Crippen molar-refractivity contribution < 1.29 is 4.79 Å². The monoisotopic (exact) mass is 418 g/mol. The zero-order valence-electron chi connectivity index (χ0n) is 15.6. The number of halogens is 1. The van der Waals surface area contributed by atoms with Crippen LogP contribution in [0.4, 0.5) is 5.69 Å². The lowest BCUT2D eigenvalue weighted by molar-refractivity contribution is -0.115. The SMILES string of the molecule is O=C(Cc1ccccc1Cl)Nc1cc(CSc2ccccc2)c2cccnc2c1. The molecule has 0 saturated carbocycles. The van der Waals surface area contributed by atoms with Gasteiger partial charge in [0.25, 0.3) is 0 Å². The van der Waals surface area contributed by atoms with E-state index in [2.05, 4.69) is 28.5 Å². The van der Waals surface area contributed by atoms with Crippen LogP contribution in [0.1, 0.15) is 11.1 Å². The summed E-state index contributed by atoms with van der Waals surface area (Å²) in [6.45, 7) is 0. The molecule has 1 heterocycles. The van der Waals surface area contributed by atoms with Gasteiger partial charge in [-0.05, 0) is 47.5 Å². The molecule has 4 rings (SSSR count). The van der Waals surface area contributed by atoms with E-state index in [1.807, 2.05) is 54.6 Å². The number of amides is 1. The fourth-order valence-corrected chi connectivity index (χ4v) is 4.26. The van der Waals surface area contributed by atoms with Crippen LogP contribution in [0.3, 0.4) is 0 Å². The Morgan fingerprint density at radius 3 is 2.55 bits per heavy atom. The molecule has 1 N–H and O–H groups in total. The summed E-state index contributed by atoms with van der Waals surface area (Å²) in [4.78, 5) is 18.3. The van der Waals surface area contributed by atoms with E-state index < -0.39 is 0 Å². The third kappa shape index (κ3) is 4.97. The van der Waals surface area contributed by atoms with Crippen molar-refractivity contribution in [3.8, 4) is 0 Å². The summed E-state index contributed by atoms with van der Waals surface area (Å²) >= 11 is 7.94. The Labute approximate surface area is 179 Å². The quantitative estimate of drug-likeness (QED) is 0.370. The lowest BCUT2D eigenvalue weighted by Gasteiger charge is -2.11. The fraction of sp³-hybridized carbons (Fsp3) is 0.0833. The molecular weight excluding hydrogens is 400 g/mol. The summed E-state index contributed by atoms with van der Waals surface area (Å²) in [6, 6.07) is 25.6. The maximum absolute atomic E-state index is 12.6. The van der Waals surface area contributed by atoms with Gasteiger partial charge >= 0.3 is 0 Å². The molecule has 144 valence electrons. The number of anilines is 1. The van der Waals surface area contributed by atoms with Crippen molar-refractivity contribution in [2.75, 3.05) is 5.32 Å². The highest BCUT2D eigenvalue weighted by Crippen LogP contribution is 2.29. The standard InChI is InChI=1S/C24H19ClN2OS/c25-22-11-5-4-7-17(22)14-24(28)27-19-13-18(16-29-20-8-2-1-3-9-20)21-10-6-12-26-23(21)15-19/h1-13,15H,14,16H2,(H,27,28). The van der Waals surface area contributed by atoms with Crippen molar-refractivity contribution in [1.82, 2.24) is 4.98 Å². The molecule has 1 amide bonds. The van der Waals surface area contributed by atoms with Gasteiger partial charge in [-0.15, -0.1) is 11.8 Å². The zero-order valence-corrected chi connectivity index (χ0v) is 17.2. The molecule has 4 aromatic rings. The first-order chi connectivity index (χ1) is 14.2. The van der Waals surface area contributed by atoms with Crippen LogP contribution in [0.5, 0.6) is 0 Å². The number of hydrogen-bond acceptors (Lipinski definition) is 3. The smallest absolute Gasteiger partial charge is 0.228 e. The zero-order chi connectivity index (χ0) is 20.1. The minimum atomic E-state index is -0.102. The molecule has 0 atom stereocenters. The molecule has 0 aliphatic rings. The van der Waals surface area contributed by atoms with Crippen LogP contribution in [0.25, 0.3) is 10.9 Å². The van der Waals surface area contributed by atoms with Crippen LogP contribution in [-0.2, 0) is 17.0 Å². The van der Waals surface area contributed by atoms with Crippen molar-refractivity contribution in [3.63, 3.8) is 0 Å². The Balaban J connectivity index is 1.56. The lowest BCUT2D eigenvalue weighted by atomic mass is 10.1. The molecule has 0 radical (unpaired) electrons. The first kappa shape index (κ1) is 19.5. The predicted molar refractivity (Wildman–Crippen MR) is 122 cm³/mol. The number of rotatable bonds is 6. The summed E-state index contributed by atoms with van der Waals surface area (Å²) in [6.07, 6.45) is 2.00. The summed E-state index contributed by atoms with van der Waals surface area (Å²) in [7, 11) is 0. The summed E-state index contributed by atoms with van der Waals surface area (Å²) < 4.78 is 0. The summed E-state index contributed by atoms with van der Waals surface area (Å²) in [5.74, 6) is 0.690. The number of nitrogens with one attached hydrogen (secondary N) is 1. The molecule has 0 fully saturated rings. The van der Waals surface area contributed by atoms with Gasteiger partial charge in [-0.3, -0.25) is 9.78 Å². The number of carbonyl (C=O) groups excluding carboxylic acids is 1. The highest BCUT2D eigenvalue weighted by Gasteiger charge is 2.10. The highest BCUT2D eigenvalue weighted by atomic mass is 35.5. The molecule has 5 heteroatoms. The Bertz CT molecular complexity index is 1150. The predicted octanol–water partition coefficient (Wildman–Crippen LogP) is 6.36. The van der Waals surface area contributed by atoms with Gasteiger partial charge in [-0.1, -0.05) is 54.1 Å². The third-order valence-corrected chi connectivity index (χ3v) is 5.97. The van der Waals surface area contributed by atoms with Gasteiger partial charge in [-0.2, -0.15) is 0 Å².